The maximum Gasteiger partial charge on any atom is 0.418 e. The van der Waals surface area contributed by atoms with Gasteiger partial charge < -0.3 is 15.4 Å². The lowest BCUT2D eigenvalue weighted by Crippen LogP contribution is -2.34. The van der Waals surface area contributed by atoms with E-state index in [9.17, 15) is 9.59 Å². The Labute approximate surface area is 93.2 Å². The van der Waals surface area contributed by atoms with Crippen LogP contribution in [0, 0.1) is 23.7 Å². The SMILES string of the molecule is NC(=O)OC(=O)N1CC2C3C=CC(C3)C2C1. The molecule has 3 rings (SSSR count). The van der Waals surface area contributed by atoms with Gasteiger partial charge in [-0.15, -0.1) is 0 Å². The summed E-state index contributed by atoms with van der Waals surface area (Å²) in [6, 6.07) is 0. The standard InChI is InChI=1S/C11H14N2O3/c12-10(14)16-11(15)13-4-8-6-1-2-7(3-6)9(8)5-13/h1-2,6-9H,3-5H2,(H2,12,14). The minimum absolute atomic E-state index is 0.551. The number of nitrogens with two attached hydrogens (primary N) is 1. The van der Waals surface area contributed by atoms with Crippen molar-refractivity contribution in [1.29, 1.82) is 0 Å². The smallest absolute Gasteiger partial charge is 0.359 e. The van der Waals surface area contributed by atoms with E-state index in [2.05, 4.69) is 16.9 Å². The van der Waals surface area contributed by atoms with E-state index in [4.69, 9.17) is 5.73 Å². The summed E-state index contributed by atoms with van der Waals surface area (Å²) in [7, 11) is 0. The fourth-order valence-corrected chi connectivity index (χ4v) is 3.45. The van der Waals surface area contributed by atoms with Gasteiger partial charge in [0.05, 0.1) is 0 Å². The molecule has 2 aliphatic carbocycles. The van der Waals surface area contributed by atoms with Gasteiger partial charge in [0.15, 0.2) is 0 Å². The first-order chi connectivity index (χ1) is 7.65. The highest BCUT2D eigenvalue weighted by atomic mass is 16.6. The number of nitrogens with zero attached hydrogens (tertiary/aromatic N) is 1. The van der Waals surface area contributed by atoms with E-state index in [0.29, 0.717) is 36.8 Å². The molecular formula is C11H14N2O3. The van der Waals surface area contributed by atoms with E-state index in [-0.39, 0.29) is 0 Å². The fraction of sp³-hybridized carbons (Fsp3) is 0.636. The van der Waals surface area contributed by atoms with Gasteiger partial charge in [0.1, 0.15) is 0 Å². The minimum atomic E-state index is -1.02. The van der Waals surface area contributed by atoms with Gasteiger partial charge in [-0.3, -0.25) is 0 Å². The quantitative estimate of drug-likeness (QED) is 0.490. The zero-order chi connectivity index (χ0) is 11.3. The second-order valence-corrected chi connectivity index (χ2v) is 4.87. The van der Waals surface area contributed by atoms with Crippen molar-refractivity contribution in [3.05, 3.63) is 12.2 Å². The summed E-state index contributed by atoms with van der Waals surface area (Å²) in [6.07, 6.45) is 4.13. The van der Waals surface area contributed by atoms with Gasteiger partial charge in [-0.2, -0.15) is 0 Å². The topological polar surface area (TPSA) is 72.6 Å². The molecule has 4 unspecified atom stereocenters. The zero-order valence-corrected chi connectivity index (χ0v) is 8.83. The average Bonchev–Trinajstić information content (AvgIpc) is 2.89. The maximum absolute atomic E-state index is 11.5. The van der Waals surface area contributed by atoms with Crippen LogP contribution in [0.15, 0.2) is 12.2 Å². The summed E-state index contributed by atoms with van der Waals surface area (Å²) >= 11 is 0. The molecule has 16 heavy (non-hydrogen) atoms. The van der Waals surface area contributed by atoms with E-state index in [0.717, 1.165) is 0 Å². The van der Waals surface area contributed by atoms with Crippen LogP contribution in [0.4, 0.5) is 9.59 Å². The van der Waals surface area contributed by atoms with Crippen molar-refractivity contribution in [1.82, 2.24) is 4.90 Å². The predicted octanol–water partition coefficient (Wildman–Crippen LogP) is 0.956. The Morgan fingerprint density at radius 3 is 2.25 bits per heavy atom. The number of amides is 2. The number of fused-ring (bicyclic) bond motifs is 5. The van der Waals surface area contributed by atoms with Gasteiger partial charge in [-0.25, -0.2) is 9.59 Å². The second-order valence-electron chi connectivity index (χ2n) is 4.87. The summed E-state index contributed by atoms with van der Waals surface area (Å²) in [4.78, 5) is 23.6. The van der Waals surface area contributed by atoms with Crippen LogP contribution >= 0.6 is 0 Å². The van der Waals surface area contributed by atoms with Crippen molar-refractivity contribution in [2.75, 3.05) is 13.1 Å². The minimum Gasteiger partial charge on any atom is -0.359 e. The third-order valence-electron chi connectivity index (χ3n) is 4.11. The Balaban J connectivity index is 1.67. The molecular weight excluding hydrogens is 208 g/mol. The number of primary amides is 1. The van der Waals surface area contributed by atoms with Gasteiger partial charge >= 0.3 is 12.2 Å². The molecule has 3 aliphatic rings. The zero-order valence-electron chi connectivity index (χ0n) is 8.83. The highest BCUT2D eigenvalue weighted by Gasteiger charge is 2.50. The summed E-state index contributed by atoms with van der Waals surface area (Å²) in [5.74, 6) is 2.33. The monoisotopic (exact) mass is 222 g/mol. The number of hydrogen-bond acceptors (Lipinski definition) is 3. The molecule has 0 aromatic carbocycles. The molecule has 1 saturated carbocycles. The van der Waals surface area contributed by atoms with Crippen molar-refractivity contribution in [2.24, 2.45) is 29.4 Å². The van der Waals surface area contributed by atoms with Crippen LogP contribution in [0.3, 0.4) is 0 Å². The van der Waals surface area contributed by atoms with Gasteiger partial charge in [0.2, 0.25) is 0 Å². The molecule has 0 spiro atoms. The number of allylic oxidation sites excluding steroid dienone is 2. The molecule has 2 fully saturated rings. The number of ether oxygens (including phenoxy) is 1. The fourth-order valence-electron chi connectivity index (χ4n) is 3.45. The molecule has 1 saturated heterocycles. The van der Waals surface area contributed by atoms with Gasteiger partial charge in [0.25, 0.3) is 0 Å². The van der Waals surface area contributed by atoms with Crippen LogP contribution in [-0.4, -0.2) is 30.2 Å². The Kier molecular flexibility index (Phi) is 1.96. The molecule has 2 bridgehead atoms. The van der Waals surface area contributed by atoms with Crippen LogP contribution in [0.5, 0.6) is 0 Å². The molecule has 4 atom stereocenters. The molecule has 1 heterocycles. The lowest BCUT2D eigenvalue weighted by molar-refractivity contribution is 0.126. The van der Waals surface area contributed by atoms with Gasteiger partial charge in [-0.1, -0.05) is 12.2 Å². The summed E-state index contributed by atoms with van der Waals surface area (Å²) < 4.78 is 4.40. The Morgan fingerprint density at radius 1 is 1.19 bits per heavy atom. The normalized spacial score (nSPS) is 38.9. The molecule has 0 aromatic heterocycles. The summed E-state index contributed by atoms with van der Waals surface area (Å²) in [5, 5.41) is 0. The largest absolute Gasteiger partial charge is 0.418 e. The average molecular weight is 222 g/mol. The second kappa shape index (κ2) is 3.23. The molecule has 2 amide bonds. The van der Waals surface area contributed by atoms with Crippen molar-refractivity contribution in [3.8, 4) is 0 Å². The Hall–Kier alpha value is -1.52. The number of carbonyl (C=O) groups is 2. The first-order valence-electron chi connectivity index (χ1n) is 5.59. The van der Waals surface area contributed by atoms with Crippen LogP contribution in [0.1, 0.15) is 6.42 Å². The van der Waals surface area contributed by atoms with Crippen molar-refractivity contribution in [2.45, 2.75) is 6.42 Å². The summed E-state index contributed by atoms with van der Waals surface area (Å²) in [5.41, 5.74) is 4.82. The predicted molar refractivity (Wildman–Crippen MR) is 55.4 cm³/mol. The highest BCUT2D eigenvalue weighted by Crippen LogP contribution is 2.51. The molecule has 5 nitrogen and oxygen atoms in total. The number of carbonyl (C=O) groups excluding carboxylic acids is 2. The number of hydrogen-bond donors (Lipinski definition) is 1. The Bertz CT molecular complexity index is 359. The third kappa shape index (κ3) is 1.31. The van der Waals surface area contributed by atoms with E-state index in [1.165, 1.54) is 6.42 Å². The van der Waals surface area contributed by atoms with Crippen LogP contribution < -0.4 is 5.73 Å². The number of likely N-dealkylation sites (tertiary alicyclic amines) is 1. The highest BCUT2D eigenvalue weighted by molar-refractivity contribution is 5.82. The lowest BCUT2D eigenvalue weighted by Gasteiger charge is -2.17. The van der Waals surface area contributed by atoms with Gasteiger partial charge in [0, 0.05) is 13.1 Å². The van der Waals surface area contributed by atoms with E-state index in [1.54, 1.807) is 4.90 Å². The molecule has 5 heteroatoms. The van der Waals surface area contributed by atoms with Gasteiger partial charge in [-0.05, 0) is 30.1 Å². The first kappa shape index (κ1) is 9.69. The van der Waals surface area contributed by atoms with Crippen LogP contribution in [0.25, 0.3) is 0 Å². The van der Waals surface area contributed by atoms with Crippen LogP contribution in [0.2, 0.25) is 0 Å². The lowest BCUT2D eigenvalue weighted by atomic mass is 9.86. The van der Waals surface area contributed by atoms with E-state index in [1.807, 2.05) is 0 Å². The first-order valence-corrected chi connectivity index (χ1v) is 5.59. The molecule has 0 aromatic rings. The van der Waals surface area contributed by atoms with E-state index < -0.39 is 12.2 Å². The summed E-state index contributed by atoms with van der Waals surface area (Å²) in [6.45, 7) is 1.39. The van der Waals surface area contributed by atoms with E-state index >= 15 is 0 Å². The molecule has 2 N–H and O–H groups in total. The van der Waals surface area contributed by atoms with Crippen LogP contribution in [-0.2, 0) is 4.74 Å². The van der Waals surface area contributed by atoms with Crippen molar-refractivity contribution < 1.29 is 14.3 Å². The van der Waals surface area contributed by atoms with Crippen molar-refractivity contribution in [3.63, 3.8) is 0 Å². The maximum atomic E-state index is 11.5. The third-order valence-corrected chi connectivity index (χ3v) is 4.11. The number of rotatable bonds is 0. The Morgan fingerprint density at radius 2 is 1.75 bits per heavy atom. The van der Waals surface area contributed by atoms with Crippen molar-refractivity contribution >= 4 is 12.2 Å². The molecule has 0 radical (unpaired) electrons. The molecule has 1 aliphatic heterocycles. The molecule has 86 valence electrons.